The highest BCUT2D eigenvalue weighted by molar-refractivity contribution is 7.17. The summed E-state index contributed by atoms with van der Waals surface area (Å²) in [5, 5.41) is 15.1. The zero-order valence-corrected chi connectivity index (χ0v) is 16.3. The monoisotopic (exact) mass is 404 g/mol. The zero-order chi connectivity index (χ0) is 19.3. The van der Waals surface area contributed by atoms with Gasteiger partial charge in [-0.25, -0.2) is 9.37 Å². The highest BCUT2D eigenvalue weighted by Crippen LogP contribution is 2.43. The maximum atomic E-state index is 14.8. The molecule has 3 aromatic rings. The van der Waals surface area contributed by atoms with E-state index in [1.165, 1.54) is 21.9 Å². The van der Waals surface area contributed by atoms with E-state index in [9.17, 15) is 9.50 Å². The maximum absolute atomic E-state index is 14.8. The minimum Gasteiger partial charge on any atom is -0.492 e. The number of fused-ring (bicyclic) bond motifs is 1. The number of likely N-dealkylation sites (tertiary alicyclic amines) is 1. The Morgan fingerprint density at radius 2 is 1.93 bits per heavy atom. The zero-order valence-electron chi connectivity index (χ0n) is 15.5. The van der Waals surface area contributed by atoms with Crippen molar-refractivity contribution in [2.24, 2.45) is 0 Å². The van der Waals surface area contributed by atoms with Crippen LogP contribution in [0, 0.1) is 12.7 Å². The van der Waals surface area contributed by atoms with Gasteiger partial charge in [0.05, 0.1) is 24.1 Å². The molecule has 1 N–H and O–H groups in total. The summed E-state index contributed by atoms with van der Waals surface area (Å²) in [4.78, 5) is 7.77. The van der Waals surface area contributed by atoms with Crippen LogP contribution >= 0.6 is 11.3 Å². The Labute approximate surface area is 165 Å². The number of ether oxygens (including phenoxy) is 2. The minimum absolute atomic E-state index is 0.0162. The molecule has 0 bridgehead atoms. The highest BCUT2D eigenvalue weighted by atomic mass is 32.1. The molecule has 0 aliphatic carbocycles. The molecule has 2 aliphatic rings. The van der Waals surface area contributed by atoms with Gasteiger partial charge < -0.3 is 14.6 Å². The van der Waals surface area contributed by atoms with Crippen LogP contribution in [0.15, 0.2) is 24.3 Å². The standard InChI is InChI=1S/C19H21FN4O3S/c1-12-21-18-24(22-12)17(25)16(28-18)15(13-4-2-3-5-14(13)20)23-8-6-19(7-9-23)26-10-11-27-19/h2-5,15,25H,6-11H2,1H3. The molecular weight excluding hydrogens is 383 g/mol. The summed E-state index contributed by atoms with van der Waals surface area (Å²) >= 11 is 1.34. The fourth-order valence-electron chi connectivity index (χ4n) is 4.14. The van der Waals surface area contributed by atoms with Crippen molar-refractivity contribution in [1.29, 1.82) is 0 Å². The Morgan fingerprint density at radius 3 is 2.61 bits per heavy atom. The first-order chi connectivity index (χ1) is 13.6. The SMILES string of the molecule is Cc1nc2sc(C(c3ccccc3F)N3CCC4(CC3)OCCO4)c(O)n2n1. The Kier molecular flexibility index (Phi) is 4.35. The van der Waals surface area contributed by atoms with E-state index in [4.69, 9.17) is 9.47 Å². The van der Waals surface area contributed by atoms with Gasteiger partial charge in [-0.05, 0) is 13.0 Å². The average Bonchev–Trinajstić information content (AvgIpc) is 3.36. The summed E-state index contributed by atoms with van der Waals surface area (Å²) in [6, 6.07) is 6.29. The number of hydrogen-bond acceptors (Lipinski definition) is 7. The molecular formula is C19H21FN4O3S. The van der Waals surface area contributed by atoms with Crippen LogP contribution in [-0.2, 0) is 9.47 Å². The highest BCUT2D eigenvalue weighted by Gasteiger charge is 2.42. The van der Waals surface area contributed by atoms with Gasteiger partial charge in [0.15, 0.2) is 5.79 Å². The van der Waals surface area contributed by atoms with Crippen molar-refractivity contribution in [2.75, 3.05) is 26.3 Å². The number of nitrogens with zero attached hydrogens (tertiary/aromatic N) is 4. The van der Waals surface area contributed by atoms with Crippen LogP contribution in [0.1, 0.15) is 35.1 Å². The summed E-state index contributed by atoms with van der Waals surface area (Å²) < 4.78 is 27.8. The van der Waals surface area contributed by atoms with E-state index in [-0.39, 0.29) is 11.7 Å². The molecule has 2 aliphatic heterocycles. The van der Waals surface area contributed by atoms with E-state index >= 15 is 0 Å². The van der Waals surface area contributed by atoms with Crippen molar-refractivity contribution in [2.45, 2.75) is 31.6 Å². The lowest BCUT2D eigenvalue weighted by Gasteiger charge is -2.41. The van der Waals surface area contributed by atoms with Crippen LogP contribution in [0.5, 0.6) is 5.88 Å². The Balaban J connectivity index is 1.55. The second kappa shape index (κ2) is 6.77. The predicted octanol–water partition coefficient (Wildman–Crippen LogP) is 2.87. The second-order valence-electron chi connectivity index (χ2n) is 7.21. The predicted molar refractivity (Wildman–Crippen MR) is 101 cm³/mol. The van der Waals surface area contributed by atoms with Crippen molar-refractivity contribution in [3.63, 3.8) is 0 Å². The lowest BCUT2D eigenvalue weighted by Crippen LogP contribution is -2.46. The molecule has 0 amide bonds. The van der Waals surface area contributed by atoms with Crippen LogP contribution in [0.25, 0.3) is 4.96 Å². The molecule has 1 atom stereocenters. The number of thiazole rings is 1. The number of hydrogen-bond donors (Lipinski definition) is 1. The van der Waals surface area contributed by atoms with Crippen molar-refractivity contribution < 1.29 is 19.0 Å². The van der Waals surface area contributed by atoms with Crippen molar-refractivity contribution in [3.8, 4) is 5.88 Å². The van der Waals surface area contributed by atoms with Crippen LogP contribution < -0.4 is 0 Å². The van der Waals surface area contributed by atoms with Gasteiger partial charge in [-0.1, -0.05) is 29.5 Å². The number of benzene rings is 1. The first-order valence-electron chi connectivity index (χ1n) is 9.38. The van der Waals surface area contributed by atoms with Crippen LogP contribution in [0.2, 0.25) is 0 Å². The lowest BCUT2D eigenvalue weighted by atomic mass is 9.97. The third kappa shape index (κ3) is 2.89. The summed E-state index contributed by atoms with van der Waals surface area (Å²) in [7, 11) is 0. The molecule has 7 nitrogen and oxygen atoms in total. The van der Waals surface area contributed by atoms with Crippen LogP contribution in [0.4, 0.5) is 4.39 Å². The smallest absolute Gasteiger partial charge is 0.230 e. The van der Waals surface area contributed by atoms with Crippen LogP contribution in [-0.4, -0.2) is 56.7 Å². The fourth-order valence-corrected chi connectivity index (χ4v) is 5.29. The minimum atomic E-state index is -0.513. The molecule has 2 saturated heterocycles. The van der Waals surface area contributed by atoms with Gasteiger partial charge in [0, 0.05) is 31.5 Å². The molecule has 28 heavy (non-hydrogen) atoms. The Morgan fingerprint density at radius 1 is 1.21 bits per heavy atom. The molecule has 1 spiro atoms. The number of aromatic nitrogens is 3. The van der Waals surface area contributed by atoms with Gasteiger partial charge in [0.1, 0.15) is 11.6 Å². The molecule has 1 unspecified atom stereocenters. The largest absolute Gasteiger partial charge is 0.492 e. The third-order valence-electron chi connectivity index (χ3n) is 5.49. The summed E-state index contributed by atoms with van der Waals surface area (Å²) in [6.45, 7) is 4.35. The molecule has 5 rings (SSSR count). The molecule has 0 radical (unpaired) electrons. The fraction of sp³-hybridized carbons (Fsp3) is 0.474. The molecule has 4 heterocycles. The maximum Gasteiger partial charge on any atom is 0.230 e. The molecule has 1 aromatic carbocycles. The molecule has 9 heteroatoms. The normalized spacial score (nSPS) is 20.9. The number of halogens is 1. The summed E-state index contributed by atoms with van der Waals surface area (Å²) in [6.07, 6.45) is 1.41. The van der Waals surface area contributed by atoms with E-state index in [1.54, 1.807) is 19.1 Å². The van der Waals surface area contributed by atoms with E-state index in [1.807, 2.05) is 6.07 Å². The first kappa shape index (κ1) is 18.0. The topological polar surface area (TPSA) is 72.1 Å². The van der Waals surface area contributed by atoms with E-state index in [0.717, 1.165) is 0 Å². The van der Waals surface area contributed by atoms with Gasteiger partial charge in [-0.3, -0.25) is 4.90 Å². The molecule has 0 saturated carbocycles. The number of aryl methyl sites for hydroxylation is 1. The van der Waals surface area contributed by atoms with Gasteiger partial charge in [-0.15, -0.1) is 5.10 Å². The molecule has 2 aromatic heterocycles. The van der Waals surface area contributed by atoms with Crippen LogP contribution in [0.3, 0.4) is 0 Å². The summed E-state index contributed by atoms with van der Waals surface area (Å²) in [5.74, 6) is -0.203. The summed E-state index contributed by atoms with van der Waals surface area (Å²) in [5.41, 5.74) is 0.531. The lowest BCUT2D eigenvalue weighted by molar-refractivity contribution is -0.187. The van der Waals surface area contributed by atoms with Crippen molar-refractivity contribution >= 4 is 16.3 Å². The third-order valence-corrected chi connectivity index (χ3v) is 6.56. The van der Waals surface area contributed by atoms with Crippen molar-refractivity contribution in [3.05, 3.63) is 46.3 Å². The van der Waals surface area contributed by atoms with Gasteiger partial charge >= 0.3 is 0 Å². The van der Waals surface area contributed by atoms with Gasteiger partial charge in [-0.2, -0.15) is 4.52 Å². The number of rotatable bonds is 3. The van der Waals surface area contributed by atoms with E-state index in [0.29, 0.717) is 60.4 Å². The number of piperidine rings is 1. The average molecular weight is 404 g/mol. The van der Waals surface area contributed by atoms with Crippen molar-refractivity contribution in [1.82, 2.24) is 19.5 Å². The quantitative estimate of drug-likeness (QED) is 0.724. The van der Waals surface area contributed by atoms with Gasteiger partial charge in [0.25, 0.3) is 0 Å². The molecule has 148 valence electrons. The molecule has 2 fully saturated rings. The number of aromatic hydroxyl groups is 1. The van der Waals surface area contributed by atoms with E-state index < -0.39 is 11.8 Å². The van der Waals surface area contributed by atoms with E-state index in [2.05, 4.69) is 15.0 Å². The van der Waals surface area contributed by atoms with Gasteiger partial charge in [0.2, 0.25) is 10.8 Å². The second-order valence-corrected chi connectivity index (χ2v) is 8.22. The first-order valence-corrected chi connectivity index (χ1v) is 10.2. The Bertz CT molecular complexity index is 1000. The Hall–Kier alpha value is -2.07.